The van der Waals surface area contributed by atoms with Crippen molar-refractivity contribution in [3.05, 3.63) is 23.8 Å². The van der Waals surface area contributed by atoms with Crippen molar-refractivity contribution in [1.82, 2.24) is 14.7 Å². The number of methoxy groups -OCH3 is 2. The molecule has 0 saturated carbocycles. The SMILES string of the molecule is COc1ccc(CN(CCCN(C)C)CCCN(C)C)c(OC)c1. The van der Waals surface area contributed by atoms with E-state index in [4.69, 9.17) is 9.47 Å². The van der Waals surface area contributed by atoms with E-state index < -0.39 is 0 Å². The third-order valence-corrected chi connectivity index (χ3v) is 4.05. The van der Waals surface area contributed by atoms with Gasteiger partial charge in [-0.05, 0) is 73.3 Å². The molecule has 0 atom stereocenters. The zero-order valence-corrected chi connectivity index (χ0v) is 16.3. The molecule has 5 nitrogen and oxygen atoms in total. The molecule has 0 unspecified atom stereocenters. The molecule has 0 spiro atoms. The summed E-state index contributed by atoms with van der Waals surface area (Å²) < 4.78 is 10.8. The predicted octanol–water partition coefficient (Wildman–Crippen LogP) is 2.41. The summed E-state index contributed by atoms with van der Waals surface area (Å²) in [6.07, 6.45) is 2.35. The van der Waals surface area contributed by atoms with Crippen LogP contribution in [0.3, 0.4) is 0 Å². The molecule has 0 radical (unpaired) electrons. The van der Waals surface area contributed by atoms with Gasteiger partial charge in [0, 0.05) is 18.2 Å². The lowest BCUT2D eigenvalue weighted by Crippen LogP contribution is -2.30. The van der Waals surface area contributed by atoms with Gasteiger partial charge in [0.05, 0.1) is 14.2 Å². The lowest BCUT2D eigenvalue weighted by molar-refractivity contribution is 0.231. The van der Waals surface area contributed by atoms with Gasteiger partial charge in [0.15, 0.2) is 0 Å². The second-order valence-corrected chi connectivity index (χ2v) is 6.77. The number of nitrogens with zero attached hydrogens (tertiary/aromatic N) is 3. The number of rotatable bonds is 12. The fourth-order valence-electron chi connectivity index (χ4n) is 2.71. The van der Waals surface area contributed by atoms with Crippen molar-refractivity contribution in [1.29, 1.82) is 0 Å². The van der Waals surface area contributed by atoms with Crippen molar-refractivity contribution in [3.63, 3.8) is 0 Å². The third-order valence-electron chi connectivity index (χ3n) is 4.05. The third kappa shape index (κ3) is 7.99. The molecule has 0 aliphatic carbocycles. The van der Waals surface area contributed by atoms with Crippen LogP contribution in [0.25, 0.3) is 0 Å². The van der Waals surface area contributed by atoms with E-state index in [0.29, 0.717) is 0 Å². The van der Waals surface area contributed by atoms with Crippen LogP contribution in [0.1, 0.15) is 18.4 Å². The summed E-state index contributed by atoms with van der Waals surface area (Å²) in [6.45, 7) is 5.34. The smallest absolute Gasteiger partial charge is 0.127 e. The van der Waals surface area contributed by atoms with Crippen LogP contribution in [0.15, 0.2) is 18.2 Å². The summed E-state index contributed by atoms with van der Waals surface area (Å²) >= 11 is 0. The molecule has 0 aromatic heterocycles. The first kappa shape index (κ1) is 20.7. The van der Waals surface area contributed by atoms with Gasteiger partial charge in [-0.1, -0.05) is 6.07 Å². The number of hydrogen-bond acceptors (Lipinski definition) is 5. The quantitative estimate of drug-likeness (QED) is 0.584. The Morgan fingerprint density at radius 1 is 0.792 bits per heavy atom. The standard InChI is InChI=1S/C19H35N3O2/c1-20(2)11-7-13-22(14-8-12-21(3)4)16-17-9-10-18(23-5)15-19(17)24-6/h9-10,15H,7-8,11-14,16H2,1-6H3. The molecule has 0 N–H and O–H groups in total. The van der Waals surface area contributed by atoms with Crippen molar-refractivity contribution in [2.45, 2.75) is 19.4 Å². The summed E-state index contributed by atoms with van der Waals surface area (Å²) in [5, 5.41) is 0. The van der Waals surface area contributed by atoms with Gasteiger partial charge in [0.2, 0.25) is 0 Å². The van der Waals surface area contributed by atoms with E-state index in [1.807, 2.05) is 12.1 Å². The van der Waals surface area contributed by atoms with Crippen LogP contribution in [0.2, 0.25) is 0 Å². The van der Waals surface area contributed by atoms with Crippen molar-refractivity contribution >= 4 is 0 Å². The van der Waals surface area contributed by atoms with E-state index in [2.05, 4.69) is 49.0 Å². The summed E-state index contributed by atoms with van der Waals surface area (Å²) in [5.74, 6) is 1.74. The molecule has 0 aliphatic rings. The Hall–Kier alpha value is -1.30. The minimum atomic E-state index is 0.836. The highest BCUT2D eigenvalue weighted by molar-refractivity contribution is 5.40. The van der Waals surface area contributed by atoms with Crippen molar-refractivity contribution in [2.75, 3.05) is 68.6 Å². The minimum absolute atomic E-state index is 0.836. The molecule has 0 amide bonds. The molecular formula is C19H35N3O2. The summed E-state index contributed by atoms with van der Waals surface area (Å²) in [7, 11) is 11.9. The first-order valence-corrected chi connectivity index (χ1v) is 8.69. The number of benzene rings is 1. The van der Waals surface area contributed by atoms with Gasteiger partial charge in [-0.15, -0.1) is 0 Å². The molecule has 24 heavy (non-hydrogen) atoms. The highest BCUT2D eigenvalue weighted by atomic mass is 16.5. The Kier molecular flexibility index (Phi) is 9.76. The van der Waals surface area contributed by atoms with Gasteiger partial charge in [0.1, 0.15) is 11.5 Å². The molecule has 0 fully saturated rings. The van der Waals surface area contributed by atoms with Crippen LogP contribution < -0.4 is 9.47 Å². The normalized spacial score (nSPS) is 11.5. The highest BCUT2D eigenvalue weighted by Crippen LogP contribution is 2.25. The van der Waals surface area contributed by atoms with E-state index in [1.54, 1.807) is 14.2 Å². The van der Waals surface area contributed by atoms with Gasteiger partial charge in [-0.2, -0.15) is 0 Å². The van der Waals surface area contributed by atoms with Gasteiger partial charge in [0.25, 0.3) is 0 Å². The van der Waals surface area contributed by atoms with Crippen molar-refractivity contribution in [3.8, 4) is 11.5 Å². The van der Waals surface area contributed by atoms with Crippen LogP contribution in [0.5, 0.6) is 11.5 Å². The van der Waals surface area contributed by atoms with Crippen LogP contribution in [-0.4, -0.2) is 83.3 Å². The Labute approximate surface area is 148 Å². The lowest BCUT2D eigenvalue weighted by atomic mass is 10.1. The van der Waals surface area contributed by atoms with Crippen molar-refractivity contribution < 1.29 is 9.47 Å². The molecule has 5 heteroatoms. The maximum absolute atomic E-state index is 5.55. The Balaban J connectivity index is 2.70. The van der Waals surface area contributed by atoms with Crippen LogP contribution in [0.4, 0.5) is 0 Å². The average molecular weight is 338 g/mol. The van der Waals surface area contributed by atoms with E-state index in [1.165, 1.54) is 18.4 Å². The molecule has 0 bridgehead atoms. The second-order valence-electron chi connectivity index (χ2n) is 6.77. The van der Waals surface area contributed by atoms with Gasteiger partial charge < -0.3 is 19.3 Å². The molecule has 138 valence electrons. The van der Waals surface area contributed by atoms with E-state index in [0.717, 1.165) is 44.2 Å². The van der Waals surface area contributed by atoms with E-state index >= 15 is 0 Å². The zero-order valence-electron chi connectivity index (χ0n) is 16.3. The monoisotopic (exact) mass is 337 g/mol. The first-order chi connectivity index (χ1) is 11.5. The van der Waals surface area contributed by atoms with Gasteiger partial charge >= 0.3 is 0 Å². The van der Waals surface area contributed by atoms with E-state index in [-0.39, 0.29) is 0 Å². The summed E-state index contributed by atoms with van der Waals surface area (Å²) in [4.78, 5) is 7.01. The molecule has 1 aromatic rings. The minimum Gasteiger partial charge on any atom is -0.497 e. The highest BCUT2D eigenvalue weighted by Gasteiger charge is 2.11. The molecule has 0 heterocycles. The van der Waals surface area contributed by atoms with Crippen molar-refractivity contribution in [2.24, 2.45) is 0 Å². The van der Waals surface area contributed by atoms with Gasteiger partial charge in [-0.25, -0.2) is 0 Å². The second kappa shape index (κ2) is 11.3. The van der Waals surface area contributed by atoms with E-state index in [9.17, 15) is 0 Å². The Morgan fingerprint density at radius 2 is 1.38 bits per heavy atom. The first-order valence-electron chi connectivity index (χ1n) is 8.69. The van der Waals surface area contributed by atoms with Crippen LogP contribution in [-0.2, 0) is 6.54 Å². The van der Waals surface area contributed by atoms with Crippen LogP contribution >= 0.6 is 0 Å². The Bertz CT molecular complexity index is 450. The molecule has 1 aromatic carbocycles. The van der Waals surface area contributed by atoms with Crippen LogP contribution in [0, 0.1) is 0 Å². The topological polar surface area (TPSA) is 28.2 Å². The fourth-order valence-corrected chi connectivity index (χ4v) is 2.71. The fraction of sp³-hybridized carbons (Fsp3) is 0.684. The van der Waals surface area contributed by atoms with Gasteiger partial charge in [-0.3, -0.25) is 4.90 Å². The molecular weight excluding hydrogens is 302 g/mol. The Morgan fingerprint density at radius 3 is 1.83 bits per heavy atom. The molecule has 1 rings (SSSR count). The predicted molar refractivity (Wildman–Crippen MR) is 101 cm³/mol. The zero-order chi connectivity index (χ0) is 17.9. The maximum Gasteiger partial charge on any atom is 0.127 e. The molecule has 0 saturated heterocycles. The lowest BCUT2D eigenvalue weighted by Gasteiger charge is -2.25. The molecule has 0 aliphatic heterocycles. The maximum atomic E-state index is 5.55. The largest absolute Gasteiger partial charge is 0.497 e. The number of hydrogen-bond donors (Lipinski definition) is 0. The summed E-state index contributed by atoms with van der Waals surface area (Å²) in [6, 6.07) is 6.09. The average Bonchev–Trinajstić information content (AvgIpc) is 2.54. The summed E-state index contributed by atoms with van der Waals surface area (Å²) in [5.41, 5.74) is 1.22. The number of ether oxygens (including phenoxy) is 2.